The van der Waals surface area contributed by atoms with Crippen LogP contribution in [0.2, 0.25) is 0 Å². The highest BCUT2D eigenvalue weighted by Gasteiger charge is 2.05. The normalized spacial score (nSPS) is 10.3. The minimum absolute atomic E-state index is 0.654. The molecule has 2 aromatic rings. The summed E-state index contributed by atoms with van der Waals surface area (Å²) in [6.07, 6.45) is 0.882. The molecule has 0 spiro atoms. The van der Waals surface area contributed by atoms with Crippen LogP contribution in [0.1, 0.15) is 6.42 Å². The molecule has 20 heavy (non-hydrogen) atoms. The molecular weight excluding hydrogens is 252 g/mol. The molecule has 0 heterocycles. The maximum atomic E-state index is 5.84. The molecule has 0 radical (unpaired) electrons. The molecule has 0 aliphatic heterocycles. The Bertz CT molecular complexity index is 520. The Balaban J connectivity index is 2.13. The van der Waals surface area contributed by atoms with Crippen molar-refractivity contribution >= 4 is 0 Å². The first-order valence-electron chi connectivity index (χ1n) is 6.70. The van der Waals surface area contributed by atoms with Gasteiger partial charge in [-0.15, -0.1) is 0 Å². The van der Waals surface area contributed by atoms with E-state index in [1.165, 1.54) is 0 Å². The van der Waals surface area contributed by atoms with Gasteiger partial charge in [-0.1, -0.05) is 30.3 Å². The topological polar surface area (TPSA) is 27.7 Å². The lowest BCUT2D eigenvalue weighted by Gasteiger charge is -2.12. The van der Waals surface area contributed by atoms with Crippen molar-refractivity contribution < 1.29 is 14.2 Å². The number of hydrogen-bond acceptors (Lipinski definition) is 3. The summed E-state index contributed by atoms with van der Waals surface area (Å²) in [6.45, 7) is 1.37. The van der Waals surface area contributed by atoms with Crippen LogP contribution in [0.3, 0.4) is 0 Å². The molecule has 0 bridgehead atoms. The molecule has 106 valence electrons. The summed E-state index contributed by atoms with van der Waals surface area (Å²) in [7, 11) is 3.37. The van der Waals surface area contributed by atoms with Gasteiger partial charge in [-0.25, -0.2) is 0 Å². The van der Waals surface area contributed by atoms with E-state index in [1.807, 2.05) is 42.5 Å². The lowest BCUT2D eigenvalue weighted by Crippen LogP contribution is -2.02. The molecule has 2 rings (SSSR count). The maximum absolute atomic E-state index is 5.84. The Kier molecular flexibility index (Phi) is 5.44. The highest BCUT2D eigenvalue weighted by atomic mass is 16.5. The summed E-state index contributed by atoms with van der Waals surface area (Å²) in [4.78, 5) is 0. The number of methoxy groups -OCH3 is 2. The van der Waals surface area contributed by atoms with Crippen molar-refractivity contribution in [2.24, 2.45) is 0 Å². The molecule has 0 aliphatic carbocycles. The number of hydrogen-bond donors (Lipinski definition) is 0. The second-order valence-corrected chi connectivity index (χ2v) is 4.42. The fraction of sp³-hybridized carbons (Fsp3) is 0.294. The zero-order chi connectivity index (χ0) is 14.2. The second-order valence-electron chi connectivity index (χ2n) is 4.42. The van der Waals surface area contributed by atoms with Gasteiger partial charge in [0.15, 0.2) is 0 Å². The SMILES string of the molecule is COCCCOc1ccccc1-c1ccc(OC)cc1. The van der Waals surface area contributed by atoms with Crippen molar-refractivity contribution in [1.82, 2.24) is 0 Å². The highest BCUT2D eigenvalue weighted by molar-refractivity contribution is 5.70. The maximum Gasteiger partial charge on any atom is 0.127 e. The summed E-state index contributed by atoms with van der Waals surface area (Å²) in [5.41, 5.74) is 2.21. The number of ether oxygens (including phenoxy) is 3. The average molecular weight is 272 g/mol. The third-order valence-corrected chi connectivity index (χ3v) is 3.04. The van der Waals surface area contributed by atoms with Gasteiger partial charge in [0, 0.05) is 25.7 Å². The Hall–Kier alpha value is -2.00. The predicted molar refractivity (Wildman–Crippen MR) is 80.4 cm³/mol. The van der Waals surface area contributed by atoms with E-state index in [9.17, 15) is 0 Å². The zero-order valence-electron chi connectivity index (χ0n) is 12.0. The van der Waals surface area contributed by atoms with Crippen LogP contribution >= 0.6 is 0 Å². The van der Waals surface area contributed by atoms with Crippen molar-refractivity contribution in [3.8, 4) is 22.6 Å². The Labute approximate surface area is 120 Å². The molecule has 0 saturated heterocycles. The van der Waals surface area contributed by atoms with E-state index in [0.29, 0.717) is 13.2 Å². The first kappa shape index (κ1) is 14.4. The van der Waals surface area contributed by atoms with Gasteiger partial charge in [-0.05, 0) is 23.8 Å². The lowest BCUT2D eigenvalue weighted by atomic mass is 10.0. The molecule has 0 amide bonds. The predicted octanol–water partition coefficient (Wildman–Crippen LogP) is 3.78. The van der Waals surface area contributed by atoms with Gasteiger partial charge in [-0.2, -0.15) is 0 Å². The smallest absolute Gasteiger partial charge is 0.127 e. The minimum Gasteiger partial charge on any atom is -0.497 e. The number of para-hydroxylation sites is 1. The van der Waals surface area contributed by atoms with Crippen molar-refractivity contribution in [2.75, 3.05) is 27.4 Å². The third-order valence-electron chi connectivity index (χ3n) is 3.04. The van der Waals surface area contributed by atoms with Crippen LogP contribution in [0.4, 0.5) is 0 Å². The summed E-state index contributed by atoms with van der Waals surface area (Å²) in [6, 6.07) is 16.0. The minimum atomic E-state index is 0.654. The quantitative estimate of drug-likeness (QED) is 0.718. The first-order chi connectivity index (χ1) is 9.85. The van der Waals surface area contributed by atoms with E-state index in [1.54, 1.807) is 14.2 Å². The van der Waals surface area contributed by atoms with E-state index in [-0.39, 0.29) is 0 Å². The average Bonchev–Trinajstić information content (AvgIpc) is 2.52. The van der Waals surface area contributed by atoms with Gasteiger partial charge < -0.3 is 14.2 Å². The fourth-order valence-electron chi connectivity index (χ4n) is 1.99. The molecule has 0 fully saturated rings. The van der Waals surface area contributed by atoms with Crippen LogP contribution in [0.15, 0.2) is 48.5 Å². The monoisotopic (exact) mass is 272 g/mol. The second kappa shape index (κ2) is 7.56. The number of benzene rings is 2. The van der Waals surface area contributed by atoms with Crippen molar-refractivity contribution in [1.29, 1.82) is 0 Å². The molecule has 0 atom stereocenters. The van der Waals surface area contributed by atoms with Crippen molar-refractivity contribution in [2.45, 2.75) is 6.42 Å². The van der Waals surface area contributed by atoms with Gasteiger partial charge in [0.1, 0.15) is 11.5 Å². The molecule has 0 saturated carbocycles. The Morgan fingerprint density at radius 1 is 0.850 bits per heavy atom. The Morgan fingerprint density at radius 3 is 2.30 bits per heavy atom. The molecule has 0 N–H and O–H groups in total. The Morgan fingerprint density at radius 2 is 1.60 bits per heavy atom. The highest BCUT2D eigenvalue weighted by Crippen LogP contribution is 2.30. The van der Waals surface area contributed by atoms with Crippen LogP contribution in [0.25, 0.3) is 11.1 Å². The standard InChI is InChI=1S/C17H20O3/c1-18-12-5-13-20-17-7-4-3-6-16(17)14-8-10-15(19-2)11-9-14/h3-4,6-11H,5,12-13H2,1-2H3. The summed E-state index contributed by atoms with van der Waals surface area (Å²) < 4.78 is 16.0. The van der Waals surface area contributed by atoms with E-state index in [4.69, 9.17) is 14.2 Å². The van der Waals surface area contributed by atoms with E-state index in [0.717, 1.165) is 29.0 Å². The van der Waals surface area contributed by atoms with Gasteiger partial charge in [0.05, 0.1) is 13.7 Å². The molecule has 2 aromatic carbocycles. The molecular formula is C17H20O3. The van der Waals surface area contributed by atoms with E-state index < -0.39 is 0 Å². The van der Waals surface area contributed by atoms with E-state index in [2.05, 4.69) is 6.07 Å². The van der Waals surface area contributed by atoms with Crippen LogP contribution in [0.5, 0.6) is 11.5 Å². The molecule has 0 unspecified atom stereocenters. The van der Waals surface area contributed by atoms with Gasteiger partial charge in [0.25, 0.3) is 0 Å². The fourth-order valence-corrected chi connectivity index (χ4v) is 1.99. The van der Waals surface area contributed by atoms with Crippen LogP contribution in [0, 0.1) is 0 Å². The van der Waals surface area contributed by atoms with Gasteiger partial charge in [-0.3, -0.25) is 0 Å². The molecule has 3 heteroatoms. The molecule has 3 nitrogen and oxygen atoms in total. The summed E-state index contributed by atoms with van der Waals surface area (Å²) in [5.74, 6) is 1.75. The van der Waals surface area contributed by atoms with Crippen LogP contribution in [-0.2, 0) is 4.74 Å². The summed E-state index contributed by atoms with van der Waals surface area (Å²) >= 11 is 0. The molecule has 0 aromatic heterocycles. The van der Waals surface area contributed by atoms with Crippen molar-refractivity contribution in [3.05, 3.63) is 48.5 Å². The molecule has 0 aliphatic rings. The van der Waals surface area contributed by atoms with Crippen LogP contribution in [-0.4, -0.2) is 27.4 Å². The largest absolute Gasteiger partial charge is 0.497 e. The zero-order valence-corrected chi connectivity index (χ0v) is 12.0. The summed E-state index contributed by atoms with van der Waals surface area (Å²) in [5, 5.41) is 0. The third kappa shape index (κ3) is 3.75. The van der Waals surface area contributed by atoms with E-state index >= 15 is 0 Å². The first-order valence-corrected chi connectivity index (χ1v) is 6.70. The number of rotatable bonds is 7. The van der Waals surface area contributed by atoms with Gasteiger partial charge >= 0.3 is 0 Å². The lowest BCUT2D eigenvalue weighted by molar-refractivity contribution is 0.172. The van der Waals surface area contributed by atoms with Crippen molar-refractivity contribution in [3.63, 3.8) is 0 Å². The van der Waals surface area contributed by atoms with Gasteiger partial charge in [0.2, 0.25) is 0 Å². The van der Waals surface area contributed by atoms with Crippen LogP contribution < -0.4 is 9.47 Å².